The van der Waals surface area contributed by atoms with Crippen LogP contribution in [0, 0.1) is 17.0 Å². The molecule has 0 heterocycles. The maximum absolute atomic E-state index is 13.9. The lowest BCUT2D eigenvalue weighted by atomic mass is 9.89. The first-order valence-corrected chi connectivity index (χ1v) is 11.8. The molecule has 0 amide bonds. The molecule has 1 aliphatic rings. The van der Waals surface area contributed by atoms with E-state index >= 15 is 0 Å². The highest BCUT2D eigenvalue weighted by molar-refractivity contribution is 6.60. The molecule has 4 aromatic carbocycles. The summed E-state index contributed by atoms with van der Waals surface area (Å²) in [6, 6.07) is 18.7. The Morgan fingerprint density at radius 1 is 0.375 bits per heavy atom. The van der Waals surface area contributed by atoms with Crippen LogP contribution in [0.15, 0.2) is 97.1 Å². The summed E-state index contributed by atoms with van der Waals surface area (Å²) in [6.07, 6.45) is -9.20. The molecular weight excluding hydrogens is 538 g/mol. The van der Waals surface area contributed by atoms with Gasteiger partial charge in [0.2, 0.25) is 0 Å². The Balaban J connectivity index is 1.80. The number of rotatable bonds is 4. The predicted molar refractivity (Wildman–Crippen MR) is 137 cm³/mol. The van der Waals surface area contributed by atoms with Crippen molar-refractivity contribution in [2.45, 2.75) is 12.4 Å². The molecule has 0 unspecified atom stereocenters. The summed E-state index contributed by atoms with van der Waals surface area (Å²) in [4.78, 5) is 0. The van der Waals surface area contributed by atoms with Gasteiger partial charge in [0.05, 0.1) is 16.8 Å². The van der Waals surface area contributed by atoms with Crippen molar-refractivity contribution in [2.24, 2.45) is 0 Å². The number of hydrogen-bond donors (Lipinski definition) is 1. The zero-order valence-electron chi connectivity index (χ0n) is 20.3. The maximum Gasteiger partial charge on any atom is 0.416 e. The second-order valence-corrected chi connectivity index (χ2v) is 9.04. The lowest BCUT2D eigenvalue weighted by Crippen LogP contribution is -2.06. The van der Waals surface area contributed by atoms with E-state index in [1.54, 1.807) is 0 Å². The van der Waals surface area contributed by atoms with Crippen LogP contribution in [0.4, 0.5) is 35.1 Å². The third-order valence-electron chi connectivity index (χ3n) is 6.52. The van der Waals surface area contributed by atoms with Gasteiger partial charge in [-0.1, -0.05) is 48.5 Å². The second-order valence-electron chi connectivity index (χ2n) is 9.04. The van der Waals surface area contributed by atoms with Crippen molar-refractivity contribution in [1.82, 2.24) is 0 Å². The summed E-state index contributed by atoms with van der Waals surface area (Å²) in [6.45, 7) is 0. The summed E-state index contributed by atoms with van der Waals surface area (Å²) >= 11 is 0. The Hall–Kier alpha value is -4.53. The number of allylic oxidation sites excluding steroid dienone is 4. The van der Waals surface area contributed by atoms with Crippen molar-refractivity contribution >= 4 is 28.0 Å². The fourth-order valence-corrected chi connectivity index (χ4v) is 4.66. The van der Waals surface area contributed by atoms with Crippen LogP contribution < -0.4 is 0 Å². The molecule has 0 aromatic heterocycles. The summed E-state index contributed by atoms with van der Waals surface area (Å²) in [7, 11) is 0. The molecule has 0 fully saturated rings. The fraction of sp³-hybridized carbons (Fsp3) is 0.0645. The highest BCUT2D eigenvalue weighted by Gasteiger charge is 2.35. The minimum absolute atomic E-state index is 0.168. The Morgan fingerprint density at radius 2 is 0.625 bits per heavy atom. The van der Waals surface area contributed by atoms with E-state index in [2.05, 4.69) is 0 Å². The number of benzene rings is 4. The van der Waals surface area contributed by atoms with Gasteiger partial charge in [-0.25, -0.2) is 8.78 Å². The van der Waals surface area contributed by atoms with Gasteiger partial charge in [0.25, 0.3) is 0 Å². The Kier molecular flexibility index (Phi) is 6.69. The number of alkyl halides is 6. The SMILES string of the molecule is N=C1C(c2ccc(C(F)(F)F)cc2)=C(c2ccc(F)cc2)C(c2ccc(F)cc2)=C1c1ccc(C(F)(F)F)cc1. The van der Waals surface area contributed by atoms with E-state index in [-0.39, 0.29) is 28.0 Å². The number of hydrogen-bond acceptors (Lipinski definition) is 1. The van der Waals surface area contributed by atoms with E-state index in [0.29, 0.717) is 22.3 Å². The third-order valence-corrected chi connectivity index (χ3v) is 6.52. The van der Waals surface area contributed by atoms with Gasteiger partial charge >= 0.3 is 12.4 Å². The minimum atomic E-state index is -4.60. The van der Waals surface area contributed by atoms with Gasteiger partial charge in [0.15, 0.2) is 0 Å². The van der Waals surface area contributed by atoms with E-state index in [1.165, 1.54) is 72.8 Å². The van der Waals surface area contributed by atoms with Crippen LogP contribution in [-0.2, 0) is 12.4 Å². The van der Waals surface area contributed by atoms with Crippen molar-refractivity contribution in [1.29, 1.82) is 5.41 Å². The van der Waals surface area contributed by atoms with Crippen molar-refractivity contribution in [3.05, 3.63) is 142 Å². The van der Waals surface area contributed by atoms with Crippen LogP contribution in [0.5, 0.6) is 0 Å². The van der Waals surface area contributed by atoms with Crippen LogP contribution in [0.3, 0.4) is 0 Å². The summed E-state index contributed by atoms with van der Waals surface area (Å²) < 4.78 is 107. The van der Waals surface area contributed by atoms with E-state index in [4.69, 9.17) is 5.41 Å². The molecular formula is C31H17F8N. The molecule has 9 heteroatoms. The van der Waals surface area contributed by atoms with Crippen LogP contribution in [-0.4, -0.2) is 5.71 Å². The molecule has 0 atom stereocenters. The molecule has 0 bridgehead atoms. The number of nitrogens with one attached hydrogen (secondary N) is 1. The lowest BCUT2D eigenvalue weighted by Gasteiger charge is -2.14. The van der Waals surface area contributed by atoms with Gasteiger partial charge in [0, 0.05) is 22.3 Å². The minimum Gasteiger partial charge on any atom is -0.300 e. The molecule has 40 heavy (non-hydrogen) atoms. The molecule has 0 saturated heterocycles. The van der Waals surface area contributed by atoms with E-state index < -0.39 is 35.1 Å². The average Bonchev–Trinajstić information content (AvgIpc) is 3.21. The van der Waals surface area contributed by atoms with Crippen molar-refractivity contribution in [2.75, 3.05) is 0 Å². The quantitative estimate of drug-likeness (QED) is 0.243. The average molecular weight is 555 g/mol. The van der Waals surface area contributed by atoms with Gasteiger partial charge in [-0.2, -0.15) is 26.3 Å². The largest absolute Gasteiger partial charge is 0.416 e. The Bertz CT molecular complexity index is 1510. The molecule has 1 aliphatic carbocycles. The molecule has 5 rings (SSSR count). The maximum atomic E-state index is 13.9. The molecule has 0 spiro atoms. The second kappa shape index (κ2) is 9.89. The Labute approximate surface area is 223 Å². The zero-order valence-corrected chi connectivity index (χ0v) is 20.3. The van der Waals surface area contributed by atoms with E-state index in [0.717, 1.165) is 24.3 Å². The molecule has 4 aromatic rings. The third kappa shape index (κ3) is 5.06. The zero-order chi connectivity index (χ0) is 28.8. The van der Waals surface area contributed by atoms with Gasteiger partial charge in [-0.05, 0) is 70.8 Å². The fourth-order valence-electron chi connectivity index (χ4n) is 4.66. The monoisotopic (exact) mass is 555 g/mol. The highest BCUT2D eigenvalue weighted by Crippen LogP contribution is 2.50. The van der Waals surface area contributed by atoms with Crippen LogP contribution >= 0.6 is 0 Å². The molecule has 1 nitrogen and oxygen atoms in total. The first kappa shape index (κ1) is 27.1. The van der Waals surface area contributed by atoms with Gasteiger partial charge in [-0.3, -0.25) is 5.41 Å². The van der Waals surface area contributed by atoms with Gasteiger partial charge in [0.1, 0.15) is 11.6 Å². The van der Waals surface area contributed by atoms with Crippen molar-refractivity contribution in [3.63, 3.8) is 0 Å². The number of halogens is 8. The normalized spacial score (nSPS) is 14.3. The molecule has 202 valence electrons. The van der Waals surface area contributed by atoms with Crippen molar-refractivity contribution < 1.29 is 35.1 Å². The van der Waals surface area contributed by atoms with Crippen LogP contribution in [0.25, 0.3) is 22.3 Å². The van der Waals surface area contributed by atoms with Crippen LogP contribution in [0.1, 0.15) is 33.4 Å². The standard InChI is InChI=1S/C31H17F8N/c32-23-13-5-17(6-14-23)25-26(18-7-15-24(33)16-8-18)28(20-3-11-22(12-4-20)31(37,38)39)29(40)27(25)19-1-9-21(10-2-19)30(34,35)36/h1-16,40H. The Morgan fingerprint density at radius 3 is 0.900 bits per heavy atom. The van der Waals surface area contributed by atoms with E-state index in [9.17, 15) is 35.1 Å². The molecule has 0 radical (unpaired) electrons. The van der Waals surface area contributed by atoms with E-state index in [1.807, 2.05) is 0 Å². The molecule has 0 saturated carbocycles. The molecule has 1 N–H and O–H groups in total. The van der Waals surface area contributed by atoms with Crippen molar-refractivity contribution in [3.8, 4) is 0 Å². The molecule has 0 aliphatic heterocycles. The lowest BCUT2D eigenvalue weighted by molar-refractivity contribution is -0.138. The highest BCUT2D eigenvalue weighted by atomic mass is 19.4. The summed E-state index contributed by atoms with van der Waals surface area (Å²) in [5, 5.41) is 9.13. The predicted octanol–water partition coefficient (Wildman–Crippen LogP) is 9.56. The van der Waals surface area contributed by atoms with Gasteiger partial charge in [-0.15, -0.1) is 0 Å². The summed E-state index contributed by atoms with van der Waals surface area (Å²) in [5.74, 6) is -1.10. The first-order valence-electron chi connectivity index (χ1n) is 11.8. The topological polar surface area (TPSA) is 23.9 Å². The summed E-state index contributed by atoms with van der Waals surface area (Å²) in [5.41, 5.74) is 0.362. The van der Waals surface area contributed by atoms with Gasteiger partial charge < -0.3 is 0 Å². The van der Waals surface area contributed by atoms with Crippen LogP contribution in [0.2, 0.25) is 0 Å². The smallest absolute Gasteiger partial charge is 0.300 e. The first-order chi connectivity index (χ1) is 18.8.